The van der Waals surface area contributed by atoms with Crippen LogP contribution < -0.4 is 11.5 Å². The SMILES string of the molecule is C[C@H](N)C(=O)OCC1OC(n2cnc(C(N)=O)n2)[C@H](O)C1O. The van der Waals surface area contributed by atoms with E-state index in [0.717, 1.165) is 11.0 Å². The van der Waals surface area contributed by atoms with Crippen molar-refractivity contribution in [3.8, 4) is 0 Å². The van der Waals surface area contributed by atoms with Gasteiger partial charge in [0, 0.05) is 0 Å². The highest BCUT2D eigenvalue weighted by molar-refractivity contribution is 5.88. The van der Waals surface area contributed by atoms with Crippen LogP contribution in [-0.4, -0.2) is 67.8 Å². The summed E-state index contributed by atoms with van der Waals surface area (Å²) >= 11 is 0. The maximum atomic E-state index is 11.3. The van der Waals surface area contributed by atoms with Crippen molar-refractivity contribution in [2.75, 3.05) is 6.61 Å². The lowest BCUT2D eigenvalue weighted by molar-refractivity contribution is -0.151. The zero-order chi connectivity index (χ0) is 16.4. The van der Waals surface area contributed by atoms with Crippen molar-refractivity contribution in [1.82, 2.24) is 14.8 Å². The molecule has 0 bridgehead atoms. The maximum absolute atomic E-state index is 11.3. The number of amides is 1. The molecule has 6 N–H and O–H groups in total. The molecular weight excluding hydrogens is 298 g/mol. The summed E-state index contributed by atoms with van der Waals surface area (Å²) in [5.41, 5.74) is 10.4. The van der Waals surface area contributed by atoms with E-state index in [4.69, 9.17) is 20.9 Å². The molecule has 0 aliphatic carbocycles. The Morgan fingerprint density at radius 3 is 2.73 bits per heavy atom. The third-order valence-electron chi connectivity index (χ3n) is 3.09. The van der Waals surface area contributed by atoms with Gasteiger partial charge in [0.1, 0.15) is 37.3 Å². The zero-order valence-electron chi connectivity index (χ0n) is 11.7. The number of carbonyl (C=O) groups is 2. The molecule has 1 amide bonds. The quantitative estimate of drug-likeness (QED) is 0.409. The first-order valence-electron chi connectivity index (χ1n) is 6.46. The highest BCUT2D eigenvalue weighted by Gasteiger charge is 2.45. The van der Waals surface area contributed by atoms with Crippen LogP contribution in [0.1, 0.15) is 23.8 Å². The Kier molecular flexibility index (Phi) is 4.71. The van der Waals surface area contributed by atoms with Gasteiger partial charge in [0.15, 0.2) is 6.23 Å². The summed E-state index contributed by atoms with van der Waals surface area (Å²) in [6.07, 6.45) is -3.58. The Labute approximate surface area is 124 Å². The molecule has 11 heteroatoms. The lowest BCUT2D eigenvalue weighted by Gasteiger charge is -2.15. The summed E-state index contributed by atoms with van der Waals surface area (Å²) in [5, 5.41) is 23.6. The third-order valence-corrected chi connectivity index (χ3v) is 3.09. The van der Waals surface area contributed by atoms with Crippen molar-refractivity contribution in [3.63, 3.8) is 0 Å². The van der Waals surface area contributed by atoms with Crippen molar-refractivity contribution in [2.45, 2.75) is 37.5 Å². The molecule has 1 aromatic rings. The molecule has 1 fully saturated rings. The van der Waals surface area contributed by atoms with Crippen LogP contribution >= 0.6 is 0 Å². The van der Waals surface area contributed by atoms with E-state index in [-0.39, 0.29) is 12.4 Å². The van der Waals surface area contributed by atoms with Crippen LogP contribution in [0, 0.1) is 0 Å². The van der Waals surface area contributed by atoms with Gasteiger partial charge < -0.3 is 31.2 Å². The summed E-state index contributed by atoms with van der Waals surface area (Å²) in [6, 6.07) is -0.812. The molecule has 2 heterocycles. The fourth-order valence-electron chi connectivity index (χ4n) is 1.89. The van der Waals surface area contributed by atoms with Crippen molar-refractivity contribution < 1.29 is 29.3 Å². The van der Waals surface area contributed by atoms with Gasteiger partial charge in [-0.2, -0.15) is 0 Å². The number of aromatic nitrogens is 3. The van der Waals surface area contributed by atoms with E-state index < -0.39 is 42.5 Å². The predicted octanol–water partition coefficient (Wildman–Crippen LogP) is -3.11. The second-order valence-electron chi connectivity index (χ2n) is 4.88. The molecule has 0 saturated carbocycles. The molecule has 0 radical (unpaired) electrons. The number of aliphatic hydroxyl groups excluding tert-OH is 2. The third kappa shape index (κ3) is 3.22. The lowest BCUT2D eigenvalue weighted by atomic mass is 10.1. The molecule has 1 aromatic heterocycles. The summed E-state index contributed by atoms with van der Waals surface area (Å²) in [7, 11) is 0. The van der Waals surface area contributed by atoms with Crippen LogP contribution in [0.5, 0.6) is 0 Å². The molecule has 1 saturated heterocycles. The second kappa shape index (κ2) is 6.36. The van der Waals surface area contributed by atoms with E-state index in [1.807, 2.05) is 0 Å². The summed E-state index contributed by atoms with van der Waals surface area (Å²) in [6.45, 7) is 1.17. The number of rotatable bonds is 5. The van der Waals surface area contributed by atoms with Crippen LogP contribution in [0.15, 0.2) is 6.33 Å². The van der Waals surface area contributed by atoms with Gasteiger partial charge in [0.05, 0.1) is 0 Å². The van der Waals surface area contributed by atoms with Gasteiger partial charge in [-0.1, -0.05) is 0 Å². The largest absolute Gasteiger partial charge is 0.462 e. The molecule has 0 aromatic carbocycles. The number of nitrogens with two attached hydrogens (primary N) is 2. The first kappa shape index (κ1) is 16.3. The van der Waals surface area contributed by atoms with Crippen LogP contribution in [-0.2, 0) is 14.3 Å². The molecule has 11 nitrogen and oxygen atoms in total. The van der Waals surface area contributed by atoms with Crippen LogP contribution in [0.4, 0.5) is 0 Å². The van der Waals surface area contributed by atoms with E-state index in [9.17, 15) is 19.8 Å². The number of hydrogen-bond acceptors (Lipinski definition) is 9. The van der Waals surface area contributed by atoms with Gasteiger partial charge in [0.25, 0.3) is 5.91 Å². The average Bonchev–Trinajstić information content (AvgIpc) is 3.04. The Morgan fingerprint density at radius 1 is 1.50 bits per heavy atom. The normalized spacial score (nSPS) is 29.3. The number of ether oxygens (including phenoxy) is 2. The van der Waals surface area contributed by atoms with Crippen LogP contribution in [0.2, 0.25) is 0 Å². The predicted molar refractivity (Wildman–Crippen MR) is 69.1 cm³/mol. The molecule has 0 spiro atoms. The number of primary amides is 1. The standard InChI is InChI=1S/C11H17N5O6/c1-4(12)11(20)21-2-5-6(17)7(18)10(22-5)16-3-14-9(15-16)8(13)19/h3-7,10,17-18H,2,12H2,1H3,(H2,13,19)/t4-,5?,6?,7+,10?/m0/s1. The molecule has 5 atom stereocenters. The van der Waals surface area contributed by atoms with Gasteiger partial charge in [0.2, 0.25) is 5.82 Å². The number of hydrogen-bond donors (Lipinski definition) is 4. The topological polar surface area (TPSA) is 176 Å². The van der Waals surface area contributed by atoms with E-state index in [1.54, 1.807) is 0 Å². The molecule has 122 valence electrons. The monoisotopic (exact) mass is 315 g/mol. The number of nitrogens with zero attached hydrogens (tertiary/aromatic N) is 3. The van der Waals surface area contributed by atoms with E-state index in [0.29, 0.717) is 0 Å². The van der Waals surface area contributed by atoms with E-state index >= 15 is 0 Å². The van der Waals surface area contributed by atoms with Gasteiger partial charge in [-0.15, -0.1) is 5.10 Å². The molecule has 22 heavy (non-hydrogen) atoms. The zero-order valence-corrected chi connectivity index (χ0v) is 11.7. The van der Waals surface area contributed by atoms with E-state index in [2.05, 4.69) is 10.1 Å². The Balaban J connectivity index is 2.03. The number of aliphatic hydroxyl groups is 2. The molecule has 1 aliphatic heterocycles. The smallest absolute Gasteiger partial charge is 0.322 e. The van der Waals surface area contributed by atoms with Gasteiger partial charge in [-0.3, -0.25) is 9.59 Å². The van der Waals surface area contributed by atoms with Gasteiger partial charge in [-0.25, -0.2) is 9.67 Å². The Hall–Kier alpha value is -2.08. The van der Waals surface area contributed by atoms with E-state index in [1.165, 1.54) is 6.92 Å². The average molecular weight is 315 g/mol. The molecule has 2 rings (SSSR count). The minimum absolute atomic E-state index is 0.253. The number of carbonyl (C=O) groups excluding carboxylic acids is 2. The van der Waals surface area contributed by atoms with Crippen molar-refractivity contribution in [1.29, 1.82) is 0 Å². The Morgan fingerprint density at radius 2 is 2.18 bits per heavy atom. The molecule has 1 aliphatic rings. The van der Waals surface area contributed by atoms with Crippen molar-refractivity contribution >= 4 is 11.9 Å². The summed E-state index contributed by atoms with van der Waals surface area (Å²) in [5.74, 6) is -1.75. The van der Waals surface area contributed by atoms with Gasteiger partial charge >= 0.3 is 5.97 Å². The highest BCUT2D eigenvalue weighted by atomic mass is 16.6. The van der Waals surface area contributed by atoms with Crippen LogP contribution in [0.25, 0.3) is 0 Å². The fraction of sp³-hybridized carbons (Fsp3) is 0.636. The second-order valence-corrected chi connectivity index (χ2v) is 4.88. The summed E-state index contributed by atoms with van der Waals surface area (Å²) in [4.78, 5) is 25.9. The minimum Gasteiger partial charge on any atom is -0.462 e. The highest BCUT2D eigenvalue weighted by Crippen LogP contribution is 2.28. The number of esters is 1. The summed E-state index contributed by atoms with van der Waals surface area (Å²) < 4.78 is 11.3. The molecular formula is C11H17N5O6. The first-order chi connectivity index (χ1) is 10.3. The first-order valence-corrected chi connectivity index (χ1v) is 6.46. The fourth-order valence-corrected chi connectivity index (χ4v) is 1.89. The molecule has 3 unspecified atom stereocenters. The lowest BCUT2D eigenvalue weighted by Crippen LogP contribution is -2.36. The van der Waals surface area contributed by atoms with Crippen molar-refractivity contribution in [2.24, 2.45) is 11.5 Å². The van der Waals surface area contributed by atoms with Crippen LogP contribution in [0.3, 0.4) is 0 Å². The van der Waals surface area contributed by atoms with Crippen molar-refractivity contribution in [3.05, 3.63) is 12.2 Å². The maximum Gasteiger partial charge on any atom is 0.322 e. The Bertz CT molecular complexity index is 561. The van der Waals surface area contributed by atoms with Gasteiger partial charge in [-0.05, 0) is 6.92 Å². The minimum atomic E-state index is -1.35.